The summed E-state index contributed by atoms with van der Waals surface area (Å²) in [6.45, 7) is 7.51. The van der Waals surface area contributed by atoms with Crippen LogP contribution < -0.4 is 51.4 Å². The first-order valence-electron chi connectivity index (χ1n) is 5.18. The van der Waals surface area contributed by atoms with Gasteiger partial charge in [0.1, 0.15) is 0 Å². The van der Waals surface area contributed by atoms with Gasteiger partial charge < -0.3 is 17.6 Å². The molecule has 0 aromatic rings. The zero-order valence-electron chi connectivity index (χ0n) is 10.6. The fourth-order valence-corrected chi connectivity index (χ4v) is 2.09. The van der Waals surface area contributed by atoms with Crippen molar-refractivity contribution in [1.29, 1.82) is 0 Å². The van der Waals surface area contributed by atoms with Gasteiger partial charge in [0.15, 0.2) is 0 Å². The number of rotatable bonds is 0. The third kappa shape index (κ3) is 3.85. The fourth-order valence-electron chi connectivity index (χ4n) is 2.09. The number of likely N-dealkylation sites (tertiary alicyclic amines) is 1. The second-order valence-electron chi connectivity index (χ2n) is 3.57. The molecule has 0 radical (unpaired) electrons. The van der Waals surface area contributed by atoms with Crippen LogP contribution in [0.25, 0.3) is 5.32 Å². The van der Waals surface area contributed by atoms with Crippen LogP contribution in [0.3, 0.4) is 0 Å². The quantitative estimate of drug-likeness (QED) is 0.407. The molecule has 2 aliphatic heterocycles. The van der Waals surface area contributed by atoms with E-state index in [1.54, 1.807) is 0 Å². The molecule has 80 valence electrons. The summed E-state index contributed by atoms with van der Waals surface area (Å²) in [4.78, 5) is 2.50. The summed E-state index contributed by atoms with van der Waals surface area (Å²) in [5.41, 5.74) is 0.599. The molecule has 2 heterocycles. The normalized spacial score (nSPS) is 23.4. The van der Waals surface area contributed by atoms with E-state index in [4.69, 9.17) is 0 Å². The van der Waals surface area contributed by atoms with Gasteiger partial charge in [-0.1, -0.05) is 26.7 Å². The van der Waals surface area contributed by atoms with E-state index in [-0.39, 0.29) is 58.8 Å². The van der Waals surface area contributed by atoms with Crippen LogP contribution in [0.4, 0.5) is 0 Å². The van der Waals surface area contributed by atoms with Crippen LogP contribution in [-0.2, 0) is 0 Å². The number of hydrogen-bond donors (Lipinski definition) is 0. The number of nitrogens with zero attached hydrogens (tertiary/aromatic N) is 2. The molecular weight excluding hydrogens is 199 g/mol. The predicted octanol–water partition coefficient (Wildman–Crippen LogP) is -0.291. The topological polar surface area (TPSA) is 17.3 Å². The Kier molecular flexibility index (Phi) is 11.1. The molecule has 1 spiro atoms. The van der Waals surface area contributed by atoms with E-state index in [0.717, 1.165) is 13.1 Å². The van der Waals surface area contributed by atoms with Crippen LogP contribution in [0.1, 0.15) is 33.1 Å². The summed E-state index contributed by atoms with van der Waals surface area (Å²) in [5, 5.41) is 4.36. The Bertz CT molecular complexity index is 133. The Balaban J connectivity index is 0. The van der Waals surface area contributed by atoms with Crippen molar-refractivity contribution in [1.82, 2.24) is 4.90 Å². The third-order valence-electron chi connectivity index (χ3n) is 3.19. The first kappa shape index (κ1) is 17.9. The molecule has 2 fully saturated rings. The molecule has 0 aromatic carbocycles. The zero-order chi connectivity index (χ0) is 9.03. The zero-order valence-corrected chi connectivity index (χ0v) is 13.8. The van der Waals surface area contributed by atoms with Crippen molar-refractivity contribution in [3.05, 3.63) is 12.7 Å². The SMILES string of the molecule is CC.CN1CCC12CC[N-]CC2.[CH3-].[K+]. The molecule has 0 N–H and O–H groups in total. The van der Waals surface area contributed by atoms with Crippen LogP contribution in [0.2, 0.25) is 0 Å². The summed E-state index contributed by atoms with van der Waals surface area (Å²) in [6.07, 6.45) is 4.03. The maximum Gasteiger partial charge on any atom is 1.00 e. The summed E-state index contributed by atoms with van der Waals surface area (Å²) < 4.78 is 0. The summed E-state index contributed by atoms with van der Waals surface area (Å²) in [6, 6.07) is 0. The van der Waals surface area contributed by atoms with Gasteiger partial charge in [-0.05, 0) is 13.5 Å². The van der Waals surface area contributed by atoms with Gasteiger partial charge in [0.25, 0.3) is 0 Å². The van der Waals surface area contributed by atoms with Gasteiger partial charge in [-0.15, -0.1) is 13.1 Å². The van der Waals surface area contributed by atoms with E-state index in [1.807, 2.05) is 13.8 Å². The molecule has 0 unspecified atom stereocenters. The van der Waals surface area contributed by atoms with Crippen molar-refractivity contribution in [3.8, 4) is 0 Å². The molecule has 0 atom stereocenters. The van der Waals surface area contributed by atoms with Gasteiger partial charge in [0, 0.05) is 12.1 Å². The molecule has 2 nitrogen and oxygen atoms in total. The third-order valence-corrected chi connectivity index (χ3v) is 3.19. The average Bonchev–Trinajstić information content (AvgIpc) is 2.20. The van der Waals surface area contributed by atoms with Crippen LogP contribution >= 0.6 is 0 Å². The monoisotopic (exact) mass is 223 g/mol. The molecule has 2 saturated heterocycles. The van der Waals surface area contributed by atoms with Crippen molar-refractivity contribution in [2.24, 2.45) is 0 Å². The van der Waals surface area contributed by atoms with Gasteiger partial charge in [-0.25, -0.2) is 0 Å². The van der Waals surface area contributed by atoms with E-state index < -0.39 is 0 Å². The second kappa shape index (κ2) is 8.68. The van der Waals surface area contributed by atoms with Crippen molar-refractivity contribution in [2.75, 3.05) is 26.7 Å². The van der Waals surface area contributed by atoms with Crippen molar-refractivity contribution in [3.63, 3.8) is 0 Å². The number of piperidine rings is 1. The summed E-state index contributed by atoms with van der Waals surface area (Å²) >= 11 is 0. The molecule has 14 heavy (non-hydrogen) atoms. The van der Waals surface area contributed by atoms with Gasteiger partial charge >= 0.3 is 51.4 Å². The first-order chi connectivity index (χ1) is 5.83. The van der Waals surface area contributed by atoms with Gasteiger partial charge in [-0.3, -0.25) is 0 Å². The van der Waals surface area contributed by atoms with Gasteiger partial charge in [-0.2, -0.15) is 0 Å². The predicted molar refractivity (Wildman–Crippen MR) is 60.1 cm³/mol. The molecule has 0 aliphatic carbocycles. The van der Waals surface area contributed by atoms with E-state index in [1.165, 1.54) is 25.8 Å². The Hall–Kier alpha value is 1.56. The van der Waals surface area contributed by atoms with Gasteiger partial charge in [0.2, 0.25) is 0 Å². The van der Waals surface area contributed by atoms with Crippen molar-refractivity contribution < 1.29 is 51.4 Å². The minimum absolute atomic E-state index is 0. The van der Waals surface area contributed by atoms with Crippen LogP contribution in [0.15, 0.2) is 0 Å². The Morgan fingerprint density at radius 1 is 1.07 bits per heavy atom. The first-order valence-corrected chi connectivity index (χ1v) is 5.18. The molecule has 0 aromatic heterocycles. The van der Waals surface area contributed by atoms with Crippen LogP contribution in [0.5, 0.6) is 0 Å². The molecule has 0 saturated carbocycles. The molecule has 3 heteroatoms. The van der Waals surface area contributed by atoms with Crippen LogP contribution in [-0.4, -0.2) is 37.1 Å². The number of hydrogen-bond acceptors (Lipinski definition) is 1. The fraction of sp³-hybridized carbons (Fsp3) is 0.909. The molecule has 0 amide bonds. The smallest absolute Gasteiger partial charge is 0.662 e. The Labute approximate surface area is 133 Å². The standard InChI is InChI=1S/C8H15N2.C2H6.CH3.K/c1-10-7-4-8(10)2-5-9-6-3-8;1-2;;/h2-7H2,1H3;1-2H3;1H3;/q-1;;-1;+1. The van der Waals surface area contributed by atoms with Crippen molar-refractivity contribution in [2.45, 2.75) is 38.6 Å². The van der Waals surface area contributed by atoms with Crippen molar-refractivity contribution >= 4 is 0 Å². The van der Waals surface area contributed by atoms with Crippen LogP contribution in [0, 0.1) is 7.43 Å². The van der Waals surface area contributed by atoms with Gasteiger partial charge in [0.05, 0.1) is 0 Å². The summed E-state index contributed by atoms with van der Waals surface area (Å²) in [5.74, 6) is 0. The Morgan fingerprint density at radius 3 is 1.79 bits per heavy atom. The second-order valence-corrected chi connectivity index (χ2v) is 3.57. The summed E-state index contributed by atoms with van der Waals surface area (Å²) in [7, 11) is 2.24. The molecule has 0 bridgehead atoms. The molecule has 2 aliphatic rings. The minimum Gasteiger partial charge on any atom is -0.662 e. The Morgan fingerprint density at radius 2 is 1.57 bits per heavy atom. The average molecular weight is 223 g/mol. The van der Waals surface area contributed by atoms with E-state index in [0.29, 0.717) is 5.54 Å². The van der Waals surface area contributed by atoms with E-state index in [2.05, 4.69) is 17.3 Å². The molecular formula is C11H24KN2-. The maximum atomic E-state index is 4.36. The van der Waals surface area contributed by atoms with E-state index >= 15 is 0 Å². The molecule has 2 rings (SSSR count). The van der Waals surface area contributed by atoms with E-state index in [9.17, 15) is 0 Å². The largest absolute Gasteiger partial charge is 1.00 e. The minimum atomic E-state index is 0. The maximum absolute atomic E-state index is 4.36.